The summed E-state index contributed by atoms with van der Waals surface area (Å²) in [6.45, 7) is 4.64. The third kappa shape index (κ3) is 1.75. The number of nitrogens with zero attached hydrogens (tertiary/aromatic N) is 2. The molecule has 148 valence electrons. The maximum absolute atomic E-state index is 5.46. The highest BCUT2D eigenvalue weighted by Gasteiger charge is 2.78. The lowest BCUT2D eigenvalue weighted by Gasteiger charge is -2.27. The molecule has 0 amide bonds. The van der Waals surface area contributed by atoms with Crippen LogP contribution < -0.4 is 0 Å². The first kappa shape index (κ1) is 17.0. The van der Waals surface area contributed by atoms with E-state index >= 15 is 0 Å². The van der Waals surface area contributed by atoms with Crippen LogP contribution in [0.15, 0.2) is 60.7 Å². The highest BCUT2D eigenvalue weighted by Crippen LogP contribution is 2.82. The molecule has 0 bridgehead atoms. The third-order valence-electron chi connectivity index (χ3n) is 8.29. The Kier molecular flexibility index (Phi) is 3.11. The van der Waals surface area contributed by atoms with Gasteiger partial charge in [-0.3, -0.25) is 0 Å². The highest BCUT2D eigenvalue weighted by molar-refractivity contribution is 6.23. The van der Waals surface area contributed by atoms with E-state index in [0.29, 0.717) is 17.3 Å². The van der Waals surface area contributed by atoms with E-state index in [1.165, 1.54) is 58.6 Å². The zero-order chi connectivity index (χ0) is 20.1. The molecule has 1 aromatic heterocycles. The Balaban J connectivity index is 1.61. The van der Waals surface area contributed by atoms with E-state index < -0.39 is 0 Å². The largest absolute Gasteiger partial charge is 0.248 e. The molecular weight excluding hydrogens is 364 g/mol. The Labute approximate surface area is 177 Å². The molecule has 1 heterocycles. The Morgan fingerprint density at radius 2 is 1.33 bits per heavy atom. The maximum Gasteiger partial charge on any atom is 0.0975 e. The van der Waals surface area contributed by atoms with Crippen molar-refractivity contribution >= 4 is 32.6 Å². The molecule has 0 radical (unpaired) electrons. The van der Waals surface area contributed by atoms with Crippen LogP contribution in [-0.4, -0.2) is 9.97 Å². The summed E-state index contributed by atoms with van der Waals surface area (Å²) in [5, 5.41) is 5.04. The van der Waals surface area contributed by atoms with Crippen molar-refractivity contribution in [3.8, 4) is 0 Å². The molecule has 0 aliphatic heterocycles. The average Bonchev–Trinajstić information content (AvgIpc) is 3.24. The zero-order valence-corrected chi connectivity index (χ0v) is 17.7. The van der Waals surface area contributed by atoms with E-state index in [1.54, 1.807) is 0 Å². The van der Waals surface area contributed by atoms with Crippen molar-refractivity contribution in [2.45, 2.75) is 50.9 Å². The van der Waals surface area contributed by atoms with E-state index in [4.69, 9.17) is 9.97 Å². The second-order valence-corrected chi connectivity index (χ2v) is 9.69. The van der Waals surface area contributed by atoms with Crippen molar-refractivity contribution < 1.29 is 0 Å². The average molecular weight is 391 g/mol. The van der Waals surface area contributed by atoms with Gasteiger partial charge < -0.3 is 0 Å². The van der Waals surface area contributed by atoms with Crippen LogP contribution in [-0.2, 0) is 5.41 Å². The molecular formula is C28H26N2. The van der Waals surface area contributed by atoms with Crippen molar-refractivity contribution in [1.29, 1.82) is 0 Å². The van der Waals surface area contributed by atoms with Crippen LogP contribution in [0, 0.1) is 11.3 Å². The standard InChI is InChI=1S/C28H26N2/c1-3-13-27-15-16-28(14-4-2)25(27)21(27)24-26(28)30-23-20-12-8-6-10-18(20)17-9-5-7-11-19(17)22(23)29-24/h5-12,15-16,21,25H,3-4,13-14H2,1-2H3. The van der Waals surface area contributed by atoms with Gasteiger partial charge >= 0.3 is 0 Å². The van der Waals surface area contributed by atoms with Gasteiger partial charge in [-0.1, -0.05) is 87.4 Å². The molecule has 0 N–H and O–H groups in total. The molecule has 2 nitrogen and oxygen atoms in total. The van der Waals surface area contributed by atoms with E-state index in [1.807, 2.05) is 0 Å². The number of aromatic nitrogens is 2. The Morgan fingerprint density at radius 1 is 0.733 bits per heavy atom. The van der Waals surface area contributed by atoms with Crippen molar-refractivity contribution in [2.75, 3.05) is 0 Å². The van der Waals surface area contributed by atoms with Crippen molar-refractivity contribution in [3.05, 3.63) is 72.1 Å². The van der Waals surface area contributed by atoms with Gasteiger partial charge in [-0.25, -0.2) is 9.97 Å². The maximum atomic E-state index is 5.46. The van der Waals surface area contributed by atoms with Gasteiger partial charge in [0.2, 0.25) is 0 Å². The van der Waals surface area contributed by atoms with Crippen LogP contribution in [0.25, 0.3) is 32.6 Å². The van der Waals surface area contributed by atoms with Gasteiger partial charge in [-0.05, 0) is 29.5 Å². The molecule has 30 heavy (non-hydrogen) atoms. The second kappa shape index (κ2) is 5.49. The number of rotatable bonds is 4. The van der Waals surface area contributed by atoms with Crippen LogP contribution in [0.3, 0.4) is 0 Å². The summed E-state index contributed by atoms with van der Waals surface area (Å²) >= 11 is 0. The lowest BCUT2D eigenvalue weighted by atomic mass is 9.77. The minimum Gasteiger partial charge on any atom is -0.248 e. The van der Waals surface area contributed by atoms with Crippen LogP contribution in [0.5, 0.6) is 0 Å². The number of hydrogen-bond acceptors (Lipinski definition) is 2. The summed E-state index contributed by atoms with van der Waals surface area (Å²) < 4.78 is 0. The van der Waals surface area contributed by atoms with Gasteiger partial charge in [0.1, 0.15) is 0 Å². The van der Waals surface area contributed by atoms with E-state index in [9.17, 15) is 0 Å². The zero-order valence-electron chi connectivity index (χ0n) is 17.7. The highest BCUT2D eigenvalue weighted by atomic mass is 15.0. The molecule has 7 rings (SSSR count). The molecule has 4 atom stereocenters. The fourth-order valence-electron chi connectivity index (χ4n) is 7.32. The third-order valence-corrected chi connectivity index (χ3v) is 8.29. The van der Waals surface area contributed by atoms with E-state index in [-0.39, 0.29) is 5.41 Å². The monoisotopic (exact) mass is 390 g/mol. The van der Waals surface area contributed by atoms with Gasteiger partial charge in [-0.15, -0.1) is 0 Å². The van der Waals surface area contributed by atoms with Gasteiger partial charge in [0.25, 0.3) is 0 Å². The summed E-state index contributed by atoms with van der Waals surface area (Å²) in [7, 11) is 0. The summed E-state index contributed by atoms with van der Waals surface area (Å²) in [5.41, 5.74) is 5.23. The van der Waals surface area contributed by atoms with Crippen molar-refractivity contribution in [1.82, 2.24) is 9.97 Å². The fourth-order valence-corrected chi connectivity index (χ4v) is 7.32. The molecule has 1 fully saturated rings. The molecule has 3 aliphatic rings. The first-order valence-corrected chi connectivity index (χ1v) is 11.6. The van der Waals surface area contributed by atoms with Gasteiger partial charge in [0.05, 0.1) is 22.4 Å². The van der Waals surface area contributed by atoms with Crippen LogP contribution >= 0.6 is 0 Å². The molecule has 0 saturated heterocycles. The number of allylic oxidation sites excluding steroid dienone is 2. The Morgan fingerprint density at radius 3 is 1.97 bits per heavy atom. The first-order valence-electron chi connectivity index (χ1n) is 11.6. The molecule has 4 unspecified atom stereocenters. The predicted octanol–water partition coefficient (Wildman–Crippen LogP) is 7.06. The number of benzene rings is 3. The minimum absolute atomic E-state index is 0.109. The normalized spacial score (nSPS) is 30.3. The van der Waals surface area contributed by atoms with Crippen molar-refractivity contribution in [3.63, 3.8) is 0 Å². The lowest BCUT2D eigenvalue weighted by Crippen LogP contribution is -2.26. The van der Waals surface area contributed by atoms with Crippen LogP contribution in [0.2, 0.25) is 0 Å². The number of hydrogen-bond donors (Lipinski definition) is 0. The van der Waals surface area contributed by atoms with Crippen LogP contribution in [0.1, 0.15) is 56.8 Å². The second-order valence-electron chi connectivity index (χ2n) is 9.69. The number of fused-ring (bicyclic) bond motifs is 10. The van der Waals surface area contributed by atoms with E-state index in [0.717, 1.165) is 11.0 Å². The topological polar surface area (TPSA) is 25.8 Å². The quantitative estimate of drug-likeness (QED) is 0.275. The van der Waals surface area contributed by atoms with Gasteiger partial charge in [0.15, 0.2) is 0 Å². The van der Waals surface area contributed by atoms with Gasteiger partial charge in [-0.2, -0.15) is 0 Å². The lowest BCUT2D eigenvalue weighted by molar-refractivity contribution is 0.385. The van der Waals surface area contributed by atoms with E-state index in [2.05, 4.69) is 74.5 Å². The Bertz CT molecular complexity index is 1400. The molecule has 3 aromatic carbocycles. The molecule has 0 spiro atoms. The summed E-state index contributed by atoms with van der Waals surface area (Å²) in [6, 6.07) is 17.4. The Hall–Kier alpha value is -2.74. The SMILES string of the molecule is CCCC12C=CC3(CCC)C(c4nc5c6ccccc6c6ccccc6c5nc41)C23. The summed E-state index contributed by atoms with van der Waals surface area (Å²) in [5.74, 6) is 1.26. The molecule has 4 aromatic rings. The van der Waals surface area contributed by atoms with Gasteiger partial charge in [0, 0.05) is 27.5 Å². The summed E-state index contributed by atoms with van der Waals surface area (Å²) in [6.07, 6.45) is 9.99. The van der Waals surface area contributed by atoms with Crippen molar-refractivity contribution in [2.24, 2.45) is 11.3 Å². The van der Waals surface area contributed by atoms with Crippen LogP contribution in [0.4, 0.5) is 0 Å². The summed E-state index contributed by atoms with van der Waals surface area (Å²) in [4.78, 5) is 10.9. The minimum atomic E-state index is 0.109. The molecule has 3 aliphatic carbocycles. The molecule has 1 saturated carbocycles. The predicted molar refractivity (Wildman–Crippen MR) is 124 cm³/mol. The fraction of sp³-hybridized carbons (Fsp3) is 0.357. The smallest absolute Gasteiger partial charge is 0.0975 e. The first-order chi connectivity index (χ1) is 14.7. The molecule has 2 heteroatoms.